The second-order valence-electron chi connectivity index (χ2n) is 6.46. The minimum Gasteiger partial charge on any atom is -0.330 e. The van der Waals surface area contributed by atoms with Crippen LogP contribution in [0.4, 0.5) is 11.8 Å². The topological polar surface area (TPSA) is 102 Å². The summed E-state index contributed by atoms with van der Waals surface area (Å²) in [5.41, 5.74) is 1.60. The standard InChI is InChI=1S/C19H20N8O/c1-26-13-14(12-24-26)5-6-16(28)27-11-2-4-15(27)17-18(21-10-9-20-17)25-19-22-7-3-8-23-19/h3,5-10,12-13,15H,2,4,11H2,1H3,(H,21,22,23,25)/b6-5+/t15-/m1/s1. The van der Waals surface area contributed by atoms with Crippen LogP contribution >= 0.6 is 0 Å². The lowest BCUT2D eigenvalue weighted by Gasteiger charge is -2.24. The molecule has 28 heavy (non-hydrogen) atoms. The fourth-order valence-electron chi connectivity index (χ4n) is 3.26. The van der Waals surface area contributed by atoms with Crippen molar-refractivity contribution in [1.29, 1.82) is 0 Å². The molecule has 0 unspecified atom stereocenters. The molecule has 142 valence electrons. The molecule has 1 fully saturated rings. The van der Waals surface area contributed by atoms with Crippen molar-refractivity contribution in [2.24, 2.45) is 7.05 Å². The van der Waals surface area contributed by atoms with Crippen molar-refractivity contribution in [3.05, 3.63) is 60.6 Å². The Labute approximate surface area is 162 Å². The number of hydrogen-bond donors (Lipinski definition) is 1. The molecule has 1 amide bonds. The molecule has 4 heterocycles. The summed E-state index contributed by atoms with van der Waals surface area (Å²) in [6.07, 6.45) is 15.2. The van der Waals surface area contributed by atoms with E-state index in [0.29, 0.717) is 18.3 Å². The zero-order valence-corrected chi connectivity index (χ0v) is 15.4. The van der Waals surface area contributed by atoms with Gasteiger partial charge in [0.15, 0.2) is 5.82 Å². The molecule has 0 aliphatic carbocycles. The highest BCUT2D eigenvalue weighted by molar-refractivity contribution is 5.92. The number of carbonyl (C=O) groups excluding carboxylic acids is 1. The Kier molecular flexibility index (Phi) is 5.05. The number of nitrogens with one attached hydrogen (secondary N) is 1. The molecule has 9 heteroatoms. The zero-order valence-electron chi connectivity index (χ0n) is 15.4. The molecular formula is C19H20N8O. The van der Waals surface area contributed by atoms with Crippen LogP contribution in [-0.4, -0.2) is 47.1 Å². The van der Waals surface area contributed by atoms with Crippen molar-refractivity contribution in [3.8, 4) is 0 Å². The number of rotatable bonds is 5. The number of anilines is 2. The van der Waals surface area contributed by atoms with Crippen LogP contribution in [0.3, 0.4) is 0 Å². The number of amides is 1. The second-order valence-corrected chi connectivity index (χ2v) is 6.46. The lowest BCUT2D eigenvalue weighted by Crippen LogP contribution is -2.30. The largest absolute Gasteiger partial charge is 0.330 e. The third kappa shape index (κ3) is 3.88. The van der Waals surface area contributed by atoms with Gasteiger partial charge in [0.05, 0.1) is 12.2 Å². The van der Waals surface area contributed by atoms with Crippen LogP contribution in [0.1, 0.15) is 30.1 Å². The second kappa shape index (κ2) is 7.95. The van der Waals surface area contributed by atoms with Crippen molar-refractivity contribution in [2.75, 3.05) is 11.9 Å². The summed E-state index contributed by atoms with van der Waals surface area (Å²) in [6.45, 7) is 0.679. The van der Waals surface area contributed by atoms with Crippen LogP contribution in [0.2, 0.25) is 0 Å². The summed E-state index contributed by atoms with van der Waals surface area (Å²) in [6, 6.07) is 1.60. The molecular weight excluding hydrogens is 356 g/mol. The number of hydrogen-bond acceptors (Lipinski definition) is 7. The van der Waals surface area contributed by atoms with Gasteiger partial charge in [-0.25, -0.2) is 15.0 Å². The maximum Gasteiger partial charge on any atom is 0.247 e. The highest BCUT2D eigenvalue weighted by atomic mass is 16.2. The Morgan fingerprint density at radius 2 is 2.00 bits per heavy atom. The van der Waals surface area contributed by atoms with E-state index >= 15 is 0 Å². The van der Waals surface area contributed by atoms with Crippen molar-refractivity contribution in [1.82, 2.24) is 34.6 Å². The Morgan fingerprint density at radius 1 is 1.18 bits per heavy atom. The first-order valence-corrected chi connectivity index (χ1v) is 9.03. The van der Waals surface area contributed by atoms with Crippen LogP contribution in [-0.2, 0) is 11.8 Å². The molecule has 1 saturated heterocycles. The van der Waals surface area contributed by atoms with E-state index in [9.17, 15) is 4.79 Å². The monoisotopic (exact) mass is 376 g/mol. The van der Waals surface area contributed by atoms with Crippen molar-refractivity contribution < 1.29 is 4.79 Å². The Hall–Kier alpha value is -3.62. The van der Waals surface area contributed by atoms with Crippen molar-refractivity contribution in [2.45, 2.75) is 18.9 Å². The van der Waals surface area contributed by atoms with Gasteiger partial charge in [0.25, 0.3) is 0 Å². The van der Waals surface area contributed by atoms with Gasteiger partial charge in [-0.05, 0) is 25.0 Å². The van der Waals surface area contributed by atoms with Crippen LogP contribution in [0.15, 0.2) is 49.3 Å². The quantitative estimate of drug-likeness (QED) is 0.681. The summed E-state index contributed by atoms with van der Waals surface area (Å²) in [5, 5.41) is 7.21. The molecule has 3 aromatic heterocycles. The molecule has 0 bridgehead atoms. The molecule has 1 aliphatic heterocycles. The van der Waals surface area contributed by atoms with Gasteiger partial charge >= 0.3 is 0 Å². The fraction of sp³-hybridized carbons (Fsp3) is 0.263. The van der Waals surface area contributed by atoms with Gasteiger partial charge < -0.3 is 10.2 Å². The predicted octanol–water partition coefficient (Wildman–Crippen LogP) is 2.12. The van der Waals surface area contributed by atoms with E-state index in [1.807, 2.05) is 18.1 Å². The number of likely N-dealkylation sites (tertiary alicyclic amines) is 1. The van der Waals surface area contributed by atoms with Gasteiger partial charge in [-0.3, -0.25) is 14.5 Å². The molecule has 1 aliphatic rings. The van der Waals surface area contributed by atoms with Crippen LogP contribution < -0.4 is 5.32 Å². The maximum atomic E-state index is 12.8. The minimum absolute atomic E-state index is 0.0566. The summed E-state index contributed by atoms with van der Waals surface area (Å²) in [4.78, 5) is 31.9. The normalized spacial score (nSPS) is 16.6. The first-order chi connectivity index (χ1) is 13.7. The van der Waals surface area contributed by atoms with Gasteiger partial charge in [-0.1, -0.05) is 0 Å². The Balaban J connectivity index is 1.55. The SMILES string of the molecule is Cn1cc(/C=C/C(=O)N2CCC[C@@H]2c2nccnc2Nc2ncccn2)cn1. The number of nitrogens with zero attached hydrogens (tertiary/aromatic N) is 7. The molecule has 0 radical (unpaired) electrons. The van der Waals surface area contributed by atoms with Gasteiger partial charge in [0, 0.05) is 56.2 Å². The fourth-order valence-corrected chi connectivity index (χ4v) is 3.26. The molecule has 4 rings (SSSR count). The van der Waals surface area contributed by atoms with Crippen LogP contribution in [0, 0.1) is 0 Å². The van der Waals surface area contributed by atoms with Gasteiger partial charge in [0.2, 0.25) is 11.9 Å². The lowest BCUT2D eigenvalue weighted by molar-refractivity contribution is -0.126. The Bertz CT molecular complexity index is 984. The summed E-state index contributed by atoms with van der Waals surface area (Å²) < 4.78 is 1.70. The van der Waals surface area contributed by atoms with Crippen LogP contribution in [0.25, 0.3) is 6.08 Å². The van der Waals surface area contributed by atoms with Gasteiger partial charge in [-0.15, -0.1) is 0 Å². The average Bonchev–Trinajstić information content (AvgIpc) is 3.36. The molecule has 1 N–H and O–H groups in total. The first kappa shape index (κ1) is 17.8. The molecule has 0 spiro atoms. The molecule has 3 aromatic rings. The molecule has 1 atom stereocenters. The van der Waals surface area contributed by atoms with E-state index in [0.717, 1.165) is 24.1 Å². The Morgan fingerprint density at radius 3 is 2.79 bits per heavy atom. The van der Waals surface area contributed by atoms with E-state index in [-0.39, 0.29) is 11.9 Å². The average molecular weight is 376 g/mol. The van der Waals surface area contributed by atoms with E-state index in [1.165, 1.54) is 0 Å². The summed E-state index contributed by atoms with van der Waals surface area (Å²) in [7, 11) is 1.84. The first-order valence-electron chi connectivity index (χ1n) is 9.03. The van der Waals surface area contributed by atoms with Crippen molar-refractivity contribution in [3.63, 3.8) is 0 Å². The number of carbonyl (C=O) groups is 1. The van der Waals surface area contributed by atoms with E-state index in [1.54, 1.807) is 53.9 Å². The smallest absolute Gasteiger partial charge is 0.247 e. The van der Waals surface area contributed by atoms with E-state index in [4.69, 9.17) is 0 Å². The molecule has 0 aromatic carbocycles. The lowest BCUT2D eigenvalue weighted by atomic mass is 10.1. The van der Waals surface area contributed by atoms with Gasteiger partial charge in [0.1, 0.15) is 5.69 Å². The predicted molar refractivity (Wildman–Crippen MR) is 103 cm³/mol. The highest BCUT2D eigenvalue weighted by Gasteiger charge is 2.32. The highest BCUT2D eigenvalue weighted by Crippen LogP contribution is 2.34. The summed E-state index contributed by atoms with van der Waals surface area (Å²) >= 11 is 0. The number of aryl methyl sites for hydroxylation is 1. The minimum atomic E-state index is -0.147. The molecule has 0 saturated carbocycles. The zero-order chi connectivity index (χ0) is 19.3. The van der Waals surface area contributed by atoms with E-state index < -0.39 is 0 Å². The maximum absolute atomic E-state index is 12.8. The summed E-state index contributed by atoms with van der Waals surface area (Å²) in [5.74, 6) is 0.949. The van der Waals surface area contributed by atoms with Gasteiger partial charge in [-0.2, -0.15) is 5.10 Å². The molecule has 9 nitrogen and oxygen atoms in total. The van der Waals surface area contributed by atoms with E-state index in [2.05, 4.69) is 30.4 Å². The van der Waals surface area contributed by atoms with Crippen molar-refractivity contribution >= 4 is 23.7 Å². The number of aromatic nitrogens is 6. The third-order valence-electron chi connectivity index (χ3n) is 4.52. The van der Waals surface area contributed by atoms with Crippen LogP contribution in [0.5, 0.6) is 0 Å². The third-order valence-corrected chi connectivity index (χ3v) is 4.52.